The third-order valence-electron chi connectivity index (χ3n) is 23.5. The molecule has 14 atom stereocenters. The molecule has 1 aromatic carbocycles. The van der Waals surface area contributed by atoms with Gasteiger partial charge in [0.1, 0.15) is 0 Å². The number of aliphatic hydroxyl groups excluding tert-OH is 1. The second-order valence-electron chi connectivity index (χ2n) is 36.2. The molecule has 1 aliphatic heterocycles. The number of hydrogen-bond donors (Lipinski definition) is 33. The lowest BCUT2D eigenvalue weighted by Crippen LogP contribution is -2.50. The molecule has 0 bridgehead atoms. The highest BCUT2D eigenvalue weighted by atomic mass is 16.3. The Hall–Kier alpha value is -12.8. The van der Waals surface area contributed by atoms with E-state index in [-0.39, 0.29) is 196 Å². The van der Waals surface area contributed by atoms with Gasteiger partial charge in [-0.25, -0.2) is 0 Å². The fourth-order valence-electron chi connectivity index (χ4n) is 16.1. The highest BCUT2D eigenvalue weighted by Gasteiger charge is 2.40. The Morgan fingerprint density at radius 1 is 0.375 bits per heavy atom. The molecule has 2 heterocycles. The average molecular weight is 1910 g/mol. The van der Waals surface area contributed by atoms with E-state index in [1.165, 1.54) is 0 Å². The van der Waals surface area contributed by atoms with Crippen molar-refractivity contribution >= 4 is 135 Å². The molecule has 7 amide bonds. The minimum Gasteiger partial charge on any atom is -0.396 e. The zero-order valence-electron chi connectivity index (χ0n) is 80.1. The summed E-state index contributed by atoms with van der Waals surface area (Å²) < 4.78 is 0. The lowest BCUT2D eigenvalue weighted by atomic mass is 9.87. The van der Waals surface area contributed by atoms with Crippen LogP contribution >= 0.6 is 0 Å². The Bertz CT molecular complexity index is 4320. The van der Waals surface area contributed by atoms with E-state index in [1.807, 2.05) is 51.8 Å². The van der Waals surface area contributed by atoms with Gasteiger partial charge in [-0.15, -0.1) is 0 Å². The Morgan fingerprint density at radius 2 is 0.669 bits per heavy atom. The first-order valence-corrected chi connectivity index (χ1v) is 47.1. The molecule has 47 heteroatoms. The summed E-state index contributed by atoms with van der Waals surface area (Å²) in [6, 6.07) is -1.33. The lowest BCUT2D eigenvalue weighted by Gasteiger charge is -2.27. The van der Waals surface area contributed by atoms with Crippen molar-refractivity contribution in [1.82, 2.24) is 89.6 Å². The summed E-state index contributed by atoms with van der Waals surface area (Å²) in [5.41, 5.74) is 46.1. The van der Waals surface area contributed by atoms with Crippen LogP contribution in [0.2, 0.25) is 0 Å². The van der Waals surface area contributed by atoms with Gasteiger partial charge in [0.2, 0.25) is 41.4 Å². The number of nitrogens with one attached hydrogen (secondary N) is 24. The molecule has 3 rings (SSSR count). The van der Waals surface area contributed by atoms with Gasteiger partial charge in [-0.3, -0.25) is 111 Å². The molecule has 136 heavy (non-hydrogen) atoms. The topological polar surface area (TPSA) is 841 Å². The molecule has 0 spiro atoms. The van der Waals surface area contributed by atoms with E-state index in [9.17, 15) is 33.9 Å². The van der Waals surface area contributed by atoms with E-state index in [1.54, 1.807) is 32.2 Å². The number of aromatic amines is 1. The zero-order valence-corrected chi connectivity index (χ0v) is 80.1. The van der Waals surface area contributed by atoms with Gasteiger partial charge in [0.05, 0.1) is 54.8 Å². The summed E-state index contributed by atoms with van der Waals surface area (Å²) in [6.07, 6.45) is 1.46. The van der Waals surface area contributed by atoms with Crippen molar-refractivity contribution in [1.29, 1.82) is 43.3 Å². The van der Waals surface area contributed by atoms with Crippen molar-refractivity contribution in [2.24, 2.45) is 93.2 Å². The number of para-hydroxylation sites is 1. The number of hydrogen-bond acceptors (Lipinski definition) is 23. The number of nitrogens with two attached hydrogens (primary N) is 8. The van der Waals surface area contributed by atoms with Crippen LogP contribution in [-0.2, 0) is 68.7 Å². The van der Waals surface area contributed by atoms with E-state index in [4.69, 9.17) is 89.1 Å². The molecule has 762 valence electrons. The van der Waals surface area contributed by atoms with Crippen LogP contribution in [0.4, 0.5) is 0 Å². The number of Topliss-reactive ketones (excluding diaryl/α,β-unsaturated/α-hetero) is 6. The predicted molar refractivity (Wildman–Crippen MR) is 520 cm³/mol. The van der Waals surface area contributed by atoms with Gasteiger partial charge in [0.25, 0.3) is 0 Å². The average Bonchev–Trinajstić information content (AvgIpc) is 1.22. The number of carbonyl (C=O) groups excluding carboxylic acids is 13. The molecular formula is C89H157N33O14. The molecule has 41 N–H and O–H groups in total. The van der Waals surface area contributed by atoms with Crippen molar-refractivity contribution in [2.75, 3.05) is 72.6 Å². The fraction of sp³-hybridized carbons (Fsp3) is 0.674. The van der Waals surface area contributed by atoms with E-state index in [0.29, 0.717) is 43.3 Å². The molecule has 1 saturated heterocycles. The van der Waals surface area contributed by atoms with Gasteiger partial charge in [-0.2, -0.15) is 0 Å². The molecule has 1 aromatic heterocycles. The van der Waals surface area contributed by atoms with Crippen molar-refractivity contribution in [3.8, 4) is 0 Å². The van der Waals surface area contributed by atoms with Crippen LogP contribution in [-0.4, -0.2) is 260 Å². The molecule has 1 aliphatic rings. The first kappa shape index (κ1) is 117. The number of H-pyrrole nitrogens is 1. The summed E-state index contributed by atoms with van der Waals surface area (Å²) >= 11 is 0. The van der Waals surface area contributed by atoms with Crippen LogP contribution in [0.1, 0.15) is 214 Å². The van der Waals surface area contributed by atoms with E-state index >= 15 is 33.6 Å². The van der Waals surface area contributed by atoms with Crippen LogP contribution in [0, 0.1) is 90.6 Å². The molecule has 2 aromatic rings. The number of aliphatic hydroxyl groups is 1. The van der Waals surface area contributed by atoms with Crippen LogP contribution in [0.25, 0.3) is 10.9 Å². The van der Waals surface area contributed by atoms with Crippen LogP contribution in [0.3, 0.4) is 0 Å². The first-order valence-electron chi connectivity index (χ1n) is 47.1. The monoisotopic (exact) mass is 1910 g/mol. The molecule has 47 nitrogen and oxygen atoms in total. The number of fused-ring (bicyclic) bond motifs is 1. The van der Waals surface area contributed by atoms with Crippen molar-refractivity contribution in [2.45, 2.75) is 263 Å². The molecule has 1 fully saturated rings. The Morgan fingerprint density at radius 3 is 1.01 bits per heavy atom. The minimum atomic E-state index is -1.63. The molecular weight excluding hydrogens is 1760 g/mol. The van der Waals surface area contributed by atoms with Crippen LogP contribution in [0.5, 0.6) is 0 Å². The Labute approximate surface area is 796 Å². The smallest absolute Gasteiger partial charge is 0.237 e. The van der Waals surface area contributed by atoms with Crippen LogP contribution in [0.15, 0.2) is 30.5 Å². The summed E-state index contributed by atoms with van der Waals surface area (Å²) in [7, 11) is 1.85. The zero-order chi connectivity index (χ0) is 102. The SMILES string of the molecule is CC(C)C[C@H](NC(=O)[C@H](C)CC(=O)[C@H](CC(C)C)NC(=O)[C@@H]1CCCN1C)C(=O)C[C@@H](Cc1c[nH]c2ccccc12)C(=O)N[C@@H](CCCNC(=N)N)C(=O)C[C@@H](CO)C(=O)N[C@H](CCCNC(=N)N)C(=O)C[C@H](CCCNC(=N)N)C(=O)N[C@H](CCCNC(=N)N)C(=O)C[C@H](CCCNC(=N)N)C(=O)N[C@H](CCCNC(=N)N)C(=O)C[C@H](CCCNC(=N)N)C(=O)N[C@@H](C)CCCNC(=N)N. The number of ketones is 6. The Kier molecular flexibility index (Phi) is 54.7. The second-order valence-corrected chi connectivity index (χ2v) is 36.2. The summed E-state index contributed by atoms with van der Waals surface area (Å²) in [4.78, 5) is 197. The molecule has 0 radical (unpaired) electrons. The number of nitrogens with zero attached hydrogens (tertiary/aromatic N) is 1. The standard InChI is InChI=1S/C89H157N33O14/c1-50(2)39-66(121-81(136)68-29-18-38-122(68)7)69(124)41-52(5)75(130)120-67(40-51(3)4)74(129)46-57(42-58-48-114-61-24-9-8-23-60(58)61)79(134)118-65(28-17-37-113-89(104)105)73(128)47-59(49-123)80(135)119-64(27-16-36-112-88(102)103)72(127)45-56(22-13-33-109-85(96)97)78(133)117-63(26-15-35-111-87(100)101)71(126)44-55(21-12-32-108-84(94)95)77(132)116-62(25-14-34-110-86(98)99)70(125)43-54(20-11-31-107-83(92)93)76(131)115-53(6)19-10-30-106-82(90)91/h8-9,23-24,48,50-57,59,62-68,114,123H,10-22,25-47,49H2,1-7H3,(H,115,131)(H,116,132)(H,117,133)(H,118,134)(H,119,135)(H,120,130)(H,121,136)(H4,90,91,106)(H4,92,93,107)(H4,94,95,108)(H4,96,97,109)(H4,98,99,110)(H4,100,101,111)(H4,102,103,112)(H4,104,105,113)/t52-,53+,54+,55+,56+,57-,59+,62-,63-,64-,65+,66+,67+,68+/m1/s1. The number of guanidine groups is 8. The summed E-state index contributed by atoms with van der Waals surface area (Å²) in [5, 5.41) is 115. The minimum absolute atomic E-state index is 0.00104. The lowest BCUT2D eigenvalue weighted by molar-refractivity contribution is -0.137. The number of amides is 7. The highest BCUT2D eigenvalue weighted by molar-refractivity contribution is 6.00. The number of likely N-dealkylation sites (tertiary alicyclic amines) is 1. The first-order chi connectivity index (χ1) is 64.3. The van der Waals surface area contributed by atoms with Gasteiger partial charge in [0.15, 0.2) is 82.4 Å². The fourth-order valence-corrected chi connectivity index (χ4v) is 16.1. The van der Waals surface area contributed by atoms with Crippen molar-refractivity contribution in [3.05, 3.63) is 36.0 Å². The van der Waals surface area contributed by atoms with Gasteiger partial charge in [0, 0.05) is 144 Å². The quantitative estimate of drug-likeness (QED) is 0.0191. The Balaban J connectivity index is 2.12. The number of likely N-dealkylation sites (N-methyl/N-ethyl adjacent to an activating group) is 1. The number of aromatic nitrogens is 1. The largest absolute Gasteiger partial charge is 0.396 e. The van der Waals surface area contributed by atoms with Gasteiger partial charge >= 0.3 is 0 Å². The molecule has 0 unspecified atom stereocenters. The third-order valence-corrected chi connectivity index (χ3v) is 23.5. The number of carbonyl (C=O) groups is 13. The number of benzene rings is 1. The maximum atomic E-state index is 15.3. The maximum absolute atomic E-state index is 15.3. The predicted octanol–water partition coefficient (Wildman–Crippen LogP) is -2.12. The van der Waals surface area contributed by atoms with E-state index in [0.717, 1.165) is 18.4 Å². The van der Waals surface area contributed by atoms with E-state index in [2.05, 4.69) is 84.7 Å². The van der Waals surface area contributed by atoms with E-state index < -0.39 is 217 Å². The van der Waals surface area contributed by atoms with Crippen molar-refractivity contribution < 1.29 is 67.4 Å². The van der Waals surface area contributed by atoms with Gasteiger partial charge in [-0.05, 0) is 179 Å². The molecule has 0 saturated carbocycles. The summed E-state index contributed by atoms with van der Waals surface area (Å²) in [6.45, 7) is 11.2. The highest BCUT2D eigenvalue weighted by Crippen LogP contribution is 2.28. The van der Waals surface area contributed by atoms with Crippen LogP contribution < -0.4 is 126 Å². The summed E-state index contributed by atoms with van der Waals surface area (Å²) in [5.74, 6) is -19.2. The van der Waals surface area contributed by atoms with Crippen molar-refractivity contribution in [3.63, 3.8) is 0 Å². The maximum Gasteiger partial charge on any atom is 0.237 e. The molecule has 0 aliphatic carbocycles. The van der Waals surface area contributed by atoms with Gasteiger partial charge < -0.3 is 136 Å². The third kappa shape index (κ3) is 47.9. The van der Waals surface area contributed by atoms with Gasteiger partial charge in [-0.1, -0.05) is 52.8 Å². The number of rotatable bonds is 71. The normalized spacial score (nSPS) is 15.3. The second kappa shape index (κ2) is 63.4.